The molecule has 2 fully saturated rings. The third-order valence-electron chi connectivity index (χ3n) is 4.02. The number of nitrogens with one attached hydrogen (secondary N) is 1. The van der Waals surface area contributed by atoms with Gasteiger partial charge < -0.3 is 10.2 Å². The quantitative estimate of drug-likeness (QED) is 0.795. The minimum absolute atomic E-state index is 0.358. The van der Waals surface area contributed by atoms with Gasteiger partial charge in [-0.25, -0.2) is 0 Å². The second-order valence-electron chi connectivity index (χ2n) is 5.98. The van der Waals surface area contributed by atoms with E-state index in [0.717, 1.165) is 26.1 Å². The van der Waals surface area contributed by atoms with Crippen molar-refractivity contribution in [3.8, 4) is 0 Å². The monoisotopic (exact) mass is 238 g/mol. The summed E-state index contributed by atoms with van der Waals surface area (Å²) in [6.07, 6.45) is 5.78. The fourth-order valence-electron chi connectivity index (χ4n) is 2.63. The molecule has 0 unspecified atom stereocenters. The molecule has 3 heteroatoms. The molecule has 0 aromatic heterocycles. The minimum atomic E-state index is 0.358. The predicted octanol–water partition coefficient (Wildman–Crippen LogP) is 2.02. The Labute approximate surface area is 105 Å². The lowest BCUT2D eigenvalue weighted by molar-refractivity contribution is -0.134. The van der Waals surface area contributed by atoms with E-state index in [1.165, 1.54) is 25.7 Å². The predicted molar refractivity (Wildman–Crippen MR) is 69.8 cm³/mol. The summed E-state index contributed by atoms with van der Waals surface area (Å²) in [5.41, 5.74) is 0. The molecule has 3 nitrogen and oxygen atoms in total. The first kappa shape index (κ1) is 12.9. The number of carbonyl (C=O) groups is 1. The molecular weight excluding hydrogens is 212 g/mol. The Bertz CT molecular complexity index is 255. The van der Waals surface area contributed by atoms with Crippen molar-refractivity contribution in [3.63, 3.8) is 0 Å². The van der Waals surface area contributed by atoms with Gasteiger partial charge in [-0.05, 0) is 64.5 Å². The Morgan fingerprint density at radius 2 is 1.82 bits per heavy atom. The fraction of sp³-hybridized carbons (Fsp3) is 0.929. The smallest absolute Gasteiger partial charge is 0.223 e. The molecule has 2 rings (SSSR count). The van der Waals surface area contributed by atoms with Crippen LogP contribution in [0.1, 0.15) is 46.0 Å². The number of piperidine rings is 1. The SMILES string of the molecule is CC(C)N(CC1CCNCC1)C(=O)CC1CC1. The molecule has 0 spiro atoms. The normalized spacial score (nSPS) is 21.8. The van der Waals surface area contributed by atoms with Crippen molar-refractivity contribution in [2.45, 2.75) is 52.0 Å². The van der Waals surface area contributed by atoms with E-state index in [1.807, 2.05) is 0 Å². The Hall–Kier alpha value is -0.570. The van der Waals surface area contributed by atoms with Crippen LogP contribution < -0.4 is 5.32 Å². The molecule has 1 aliphatic carbocycles. The van der Waals surface area contributed by atoms with Crippen molar-refractivity contribution >= 4 is 5.91 Å². The number of nitrogens with zero attached hydrogens (tertiary/aromatic N) is 1. The number of carbonyl (C=O) groups excluding carboxylic acids is 1. The average Bonchev–Trinajstić information content (AvgIpc) is 3.10. The summed E-state index contributed by atoms with van der Waals surface area (Å²) in [5.74, 6) is 1.81. The number of rotatable bonds is 5. The zero-order valence-electron chi connectivity index (χ0n) is 11.2. The zero-order valence-corrected chi connectivity index (χ0v) is 11.2. The van der Waals surface area contributed by atoms with E-state index < -0.39 is 0 Å². The largest absolute Gasteiger partial charge is 0.340 e. The number of hydrogen-bond acceptors (Lipinski definition) is 2. The molecule has 0 aromatic carbocycles. The Kier molecular flexibility index (Phi) is 4.43. The van der Waals surface area contributed by atoms with E-state index in [2.05, 4.69) is 24.1 Å². The fourth-order valence-corrected chi connectivity index (χ4v) is 2.63. The Morgan fingerprint density at radius 3 is 2.35 bits per heavy atom. The van der Waals surface area contributed by atoms with Crippen LogP contribution in [0.15, 0.2) is 0 Å². The molecule has 0 atom stereocenters. The molecule has 2 aliphatic rings. The maximum atomic E-state index is 12.2. The van der Waals surface area contributed by atoms with Crippen LogP contribution in [-0.4, -0.2) is 36.5 Å². The first-order valence-corrected chi connectivity index (χ1v) is 7.17. The van der Waals surface area contributed by atoms with Crippen LogP contribution in [0.3, 0.4) is 0 Å². The molecule has 1 saturated heterocycles. The number of amides is 1. The highest BCUT2D eigenvalue weighted by molar-refractivity contribution is 5.77. The lowest BCUT2D eigenvalue weighted by atomic mass is 9.97. The van der Waals surface area contributed by atoms with E-state index in [4.69, 9.17) is 0 Å². The third-order valence-corrected chi connectivity index (χ3v) is 4.02. The van der Waals surface area contributed by atoms with E-state index >= 15 is 0 Å². The van der Waals surface area contributed by atoms with Gasteiger partial charge in [0.2, 0.25) is 5.91 Å². The molecular formula is C14H26N2O. The molecule has 1 saturated carbocycles. The van der Waals surface area contributed by atoms with Gasteiger partial charge in [0.05, 0.1) is 0 Å². The van der Waals surface area contributed by atoms with Crippen molar-refractivity contribution in [1.82, 2.24) is 10.2 Å². The van der Waals surface area contributed by atoms with Crippen LogP contribution in [0, 0.1) is 11.8 Å². The highest BCUT2D eigenvalue weighted by atomic mass is 16.2. The maximum absolute atomic E-state index is 12.2. The summed E-state index contributed by atoms with van der Waals surface area (Å²) in [5, 5.41) is 3.39. The number of hydrogen-bond donors (Lipinski definition) is 1. The molecule has 1 heterocycles. The lowest BCUT2D eigenvalue weighted by Gasteiger charge is -2.33. The summed E-state index contributed by atoms with van der Waals surface area (Å²) in [4.78, 5) is 14.3. The van der Waals surface area contributed by atoms with Gasteiger partial charge in [0.15, 0.2) is 0 Å². The standard InChI is InChI=1S/C14H26N2O/c1-11(2)16(14(17)9-12-3-4-12)10-13-5-7-15-8-6-13/h11-13,15H,3-10H2,1-2H3. The van der Waals surface area contributed by atoms with Crippen molar-refractivity contribution in [1.29, 1.82) is 0 Å². The van der Waals surface area contributed by atoms with E-state index in [9.17, 15) is 4.79 Å². The summed E-state index contributed by atoms with van der Waals surface area (Å²) in [7, 11) is 0. The van der Waals surface area contributed by atoms with Crippen molar-refractivity contribution in [3.05, 3.63) is 0 Å². The molecule has 1 amide bonds. The van der Waals surface area contributed by atoms with Gasteiger partial charge in [-0.1, -0.05) is 0 Å². The molecule has 1 aliphatic heterocycles. The third kappa shape index (κ3) is 3.98. The van der Waals surface area contributed by atoms with Crippen molar-refractivity contribution < 1.29 is 4.79 Å². The first-order chi connectivity index (χ1) is 8.16. The summed E-state index contributed by atoms with van der Waals surface area (Å²) >= 11 is 0. The Morgan fingerprint density at radius 1 is 1.18 bits per heavy atom. The molecule has 0 radical (unpaired) electrons. The second-order valence-corrected chi connectivity index (χ2v) is 5.98. The lowest BCUT2D eigenvalue weighted by Crippen LogP contribution is -2.43. The Balaban J connectivity index is 1.83. The highest BCUT2D eigenvalue weighted by Gasteiger charge is 2.29. The van der Waals surface area contributed by atoms with Gasteiger partial charge >= 0.3 is 0 Å². The molecule has 1 N–H and O–H groups in total. The van der Waals surface area contributed by atoms with E-state index in [0.29, 0.717) is 23.8 Å². The van der Waals surface area contributed by atoms with Crippen LogP contribution in [0.25, 0.3) is 0 Å². The van der Waals surface area contributed by atoms with Crippen LogP contribution in [0.2, 0.25) is 0 Å². The van der Waals surface area contributed by atoms with Gasteiger partial charge in [0.1, 0.15) is 0 Å². The maximum Gasteiger partial charge on any atom is 0.223 e. The van der Waals surface area contributed by atoms with Gasteiger partial charge in [-0.2, -0.15) is 0 Å². The molecule has 98 valence electrons. The summed E-state index contributed by atoms with van der Waals surface area (Å²) < 4.78 is 0. The van der Waals surface area contributed by atoms with Crippen LogP contribution in [0.4, 0.5) is 0 Å². The van der Waals surface area contributed by atoms with Crippen LogP contribution in [-0.2, 0) is 4.79 Å². The minimum Gasteiger partial charge on any atom is -0.340 e. The van der Waals surface area contributed by atoms with Gasteiger partial charge in [-0.15, -0.1) is 0 Å². The molecule has 0 bridgehead atoms. The van der Waals surface area contributed by atoms with Gasteiger partial charge in [0.25, 0.3) is 0 Å². The van der Waals surface area contributed by atoms with Crippen molar-refractivity contribution in [2.24, 2.45) is 11.8 Å². The summed E-state index contributed by atoms with van der Waals surface area (Å²) in [6.45, 7) is 7.50. The average molecular weight is 238 g/mol. The molecule has 17 heavy (non-hydrogen) atoms. The first-order valence-electron chi connectivity index (χ1n) is 7.17. The van der Waals surface area contributed by atoms with Crippen LogP contribution in [0.5, 0.6) is 0 Å². The topological polar surface area (TPSA) is 32.3 Å². The molecule has 0 aromatic rings. The summed E-state index contributed by atoms with van der Waals surface area (Å²) in [6, 6.07) is 0.358. The van der Waals surface area contributed by atoms with Crippen molar-refractivity contribution in [2.75, 3.05) is 19.6 Å². The van der Waals surface area contributed by atoms with E-state index in [-0.39, 0.29) is 0 Å². The van der Waals surface area contributed by atoms with Gasteiger partial charge in [-0.3, -0.25) is 4.79 Å². The second kappa shape index (κ2) is 5.85. The van der Waals surface area contributed by atoms with E-state index in [1.54, 1.807) is 0 Å². The highest BCUT2D eigenvalue weighted by Crippen LogP contribution is 2.33. The zero-order chi connectivity index (χ0) is 12.3. The van der Waals surface area contributed by atoms with Gasteiger partial charge in [0, 0.05) is 19.0 Å². The van der Waals surface area contributed by atoms with Crippen LogP contribution >= 0.6 is 0 Å².